The minimum atomic E-state index is -4.48. The Balaban J connectivity index is 1.58. The van der Waals surface area contributed by atoms with Gasteiger partial charge in [0.15, 0.2) is 6.61 Å². The SMILES string of the molecule is Cc1nn(-c2ccccc2)c(C)c1NC(=O)COC(=O)/C=C/c1cccc(C(F)(F)F)c1. The van der Waals surface area contributed by atoms with Crippen LogP contribution in [0.3, 0.4) is 0 Å². The molecule has 0 aliphatic carbocycles. The molecule has 0 radical (unpaired) electrons. The first-order valence-corrected chi connectivity index (χ1v) is 9.59. The van der Waals surface area contributed by atoms with E-state index in [1.807, 2.05) is 30.3 Å². The topological polar surface area (TPSA) is 73.2 Å². The number of hydrogen-bond donors (Lipinski definition) is 1. The summed E-state index contributed by atoms with van der Waals surface area (Å²) in [5, 5.41) is 7.09. The van der Waals surface area contributed by atoms with E-state index in [0.29, 0.717) is 17.1 Å². The smallest absolute Gasteiger partial charge is 0.416 e. The fourth-order valence-corrected chi connectivity index (χ4v) is 2.99. The Morgan fingerprint density at radius 2 is 1.81 bits per heavy atom. The standard InChI is InChI=1S/C23H20F3N3O3/c1-15-22(16(2)29(28-15)19-9-4-3-5-10-19)27-20(30)14-32-21(31)12-11-17-7-6-8-18(13-17)23(24,25)26/h3-13H,14H2,1-2H3,(H,27,30)/b12-11+. The number of ether oxygens (including phenoxy) is 1. The van der Waals surface area contributed by atoms with Gasteiger partial charge in [-0.1, -0.05) is 30.3 Å². The van der Waals surface area contributed by atoms with Crippen molar-refractivity contribution in [1.82, 2.24) is 9.78 Å². The highest BCUT2D eigenvalue weighted by Crippen LogP contribution is 2.29. The van der Waals surface area contributed by atoms with E-state index in [0.717, 1.165) is 23.9 Å². The lowest BCUT2D eigenvalue weighted by molar-refractivity contribution is -0.142. The molecular weight excluding hydrogens is 423 g/mol. The van der Waals surface area contributed by atoms with Gasteiger partial charge in [-0.2, -0.15) is 18.3 Å². The Kier molecular flexibility index (Phi) is 6.77. The number of aryl methyl sites for hydroxylation is 1. The second-order valence-corrected chi connectivity index (χ2v) is 6.91. The maximum atomic E-state index is 12.7. The summed E-state index contributed by atoms with van der Waals surface area (Å²) in [6, 6.07) is 13.9. The molecule has 0 fully saturated rings. The predicted octanol–water partition coefficient (Wildman–Crippen LogP) is 4.70. The lowest BCUT2D eigenvalue weighted by atomic mass is 10.1. The van der Waals surface area contributed by atoms with Crippen molar-refractivity contribution in [1.29, 1.82) is 0 Å². The monoisotopic (exact) mass is 443 g/mol. The second-order valence-electron chi connectivity index (χ2n) is 6.91. The lowest BCUT2D eigenvalue weighted by Crippen LogP contribution is -2.20. The Morgan fingerprint density at radius 1 is 1.09 bits per heavy atom. The lowest BCUT2D eigenvalue weighted by Gasteiger charge is -2.07. The number of anilines is 1. The molecule has 3 aromatic rings. The average Bonchev–Trinajstić information content (AvgIpc) is 3.05. The van der Waals surface area contributed by atoms with Gasteiger partial charge in [-0.15, -0.1) is 0 Å². The summed E-state index contributed by atoms with van der Waals surface area (Å²) in [7, 11) is 0. The van der Waals surface area contributed by atoms with Crippen molar-refractivity contribution in [3.63, 3.8) is 0 Å². The second kappa shape index (κ2) is 9.51. The average molecular weight is 443 g/mol. The van der Waals surface area contributed by atoms with Crippen LogP contribution in [0.1, 0.15) is 22.5 Å². The maximum absolute atomic E-state index is 12.7. The van der Waals surface area contributed by atoms with Crippen LogP contribution in [0.15, 0.2) is 60.7 Å². The van der Waals surface area contributed by atoms with Crippen molar-refractivity contribution in [2.24, 2.45) is 0 Å². The van der Waals surface area contributed by atoms with E-state index in [1.165, 1.54) is 18.2 Å². The van der Waals surface area contributed by atoms with E-state index in [1.54, 1.807) is 18.5 Å². The van der Waals surface area contributed by atoms with Crippen molar-refractivity contribution in [3.05, 3.63) is 83.2 Å². The normalized spacial score (nSPS) is 11.5. The molecule has 0 aliphatic heterocycles. The number of para-hydroxylation sites is 1. The summed E-state index contributed by atoms with van der Waals surface area (Å²) in [4.78, 5) is 24.1. The summed E-state index contributed by atoms with van der Waals surface area (Å²) in [6.45, 7) is 2.99. The summed E-state index contributed by atoms with van der Waals surface area (Å²) in [5.41, 5.74) is 2.00. The van der Waals surface area contributed by atoms with Gasteiger partial charge in [-0.05, 0) is 49.8 Å². The number of esters is 1. The third kappa shape index (κ3) is 5.63. The molecule has 0 spiro atoms. The molecule has 1 heterocycles. The van der Waals surface area contributed by atoms with Gasteiger partial charge in [0.2, 0.25) is 0 Å². The van der Waals surface area contributed by atoms with Gasteiger partial charge in [-0.25, -0.2) is 9.48 Å². The van der Waals surface area contributed by atoms with Crippen LogP contribution in [0.4, 0.5) is 18.9 Å². The van der Waals surface area contributed by atoms with Crippen LogP contribution in [0.5, 0.6) is 0 Å². The number of alkyl halides is 3. The number of halogens is 3. The van der Waals surface area contributed by atoms with Crippen LogP contribution in [-0.4, -0.2) is 28.3 Å². The van der Waals surface area contributed by atoms with Crippen LogP contribution in [-0.2, 0) is 20.5 Å². The Labute approximate surface area is 182 Å². The van der Waals surface area contributed by atoms with Gasteiger partial charge in [0, 0.05) is 6.08 Å². The molecule has 1 N–H and O–H groups in total. The number of hydrogen-bond acceptors (Lipinski definition) is 4. The van der Waals surface area contributed by atoms with E-state index in [9.17, 15) is 22.8 Å². The number of carbonyl (C=O) groups is 2. The van der Waals surface area contributed by atoms with E-state index in [-0.39, 0.29) is 5.56 Å². The van der Waals surface area contributed by atoms with Gasteiger partial charge < -0.3 is 10.1 Å². The molecule has 6 nitrogen and oxygen atoms in total. The zero-order valence-corrected chi connectivity index (χ0v) is 17.3. The molecule has 166 valence electrons. The summed E-state index contributed by atoms with van der Waals surface area (Å²) in [6.07, 6.45) is -2.33. The van der Waals surface area contributed by atoms with Gasteiger partial charge >= 0.3 is 12.1 Å². The first-order valence-electron chi connectivity index (χ1n) is 9.59. The fourth-order valence-electron chi connectivity index (χ4n) is 2.99. The van der Waals surface area contributed by atoms with Crippen LogP contribution < -0.4 is 5.32 Å². The molecule has 0 saturated heterocycles. The number of nitrogens with one attached hydrogen (secondary N) is 1. The molecule has 1 aromatic heterocycles. The number of benzene rings is 2. The maximum Gasteiger partial charge on any atom is 0.416 e. The zero-order valence-electron chi connectivity index (χ0n) is 17.3. The molecule has 0 bridgehead atoms. The Hall–Kier alpha value is -3.88. The van der Waals surface area contributed by atoms with Crippen LogP contribution >= 0.6 is 0 Å². The minimum absolute atomic E-state index is 0.181. The quantitative estimate of drug-likeness (QED) is 0.443. The number of aromatic nitrogens is 2. The van der Waals surface area contributed by atoms with Crippen LogP contribution in [0.25, 0.3) is 11.8 Å². The molecule has 32 heavy (non-hydrogen) atoms. The highest BCUT2D eigenvalue weighted by Gasteiger charge is 2.30. The summed E-state index contributed by atoms with van der Waals surface area (Å²) >= 11 is 0. The van der Waals surface area contributed by atoms with E-state index >= 15 is 0 Å². The van der Waals surface area contributed by atoms with E-state index in [4.69, 9.17) is 4.74 Å². The Bertz CT molecular complexity index is 1150. The first-order chi connectivity index (χ1) is 15.1. The third-order valence-electron chi connectivity index (χ3n) is 4.53. The molecule has 3 rings (SSSR count). The highest BCUT2D eigenvalue weighted by molar-refractivity contribution is 5.95. The molecule has 0 unspecified atom stereocenters. The van der Waals surface area contributed by atoms with Gasteiger partial charge in [0.1, 0.15) is 0 Å². The predicted molar refractivity (Wildman–Crippen MR) is 113 cm³/mol. The molecule has 1 amide bonds. The Morgan fingerprint density at radius 3 is 2.50 bits per heavy atom. The molecule has 9 heteroatoms. The minimum Gasteiger partial charge on any atom is -0.452 e. The largest absolute Gasteiger partial charge is 0.452 e. The van der Waals surface area contributed by atoms with Crippen LogP contribution in [0, 0.1) is 13.8 Å². The molecule has 0 saturated carbocycles. The fraction of sp³-hybridized carbons (Fsp3) is 0.174. The third-order valence-corrected chi connectivity index (χ3v) is 4.53. The number of nitrogens with zero attached hydrogens (tertiary/aromatic N) is 2. The number of carbonyl (C=O) groups excluding carboxylic acids is 2. The van der Waals surface area contributed by atoms with E-state index < -0.39 is 30.2 Å². The zero-order chi connectivity index (χ0) is 23.3. The summed E-state index contributed by atoms with van der Waals surface area (Å²) in [5.74, 6) is -1.42. The number of rotatable bonds is 6. The van der Waals surface area contributed by atoms with Gasteiger partial charge in [-0.3, -0.25) is 4.79 Å². The van der Waals surface area contributed by atoms with Crippen molar-refractivity contribution in [3.8, 4) is 5.69 Å². The molecular formula is C23H20F3N3O3. The van der Waals surface area contributed by atoms with Crippen molar-refractivity contribution in [2.75, 3.05) is 11.9 Å². The highest BCUT2D eigenvalue weighted by atomic mass is 19.4. The first kappa shape index (κ1) is 22.8. The number of amides is 1. The molecule has 0 aliphatic rings. The summed E-state index contributed by atoms with van der Waals surface area (Å²) < 4.78 is 44.8. The van der Waals surface area contributed by atoms with Gasteiger partial charge in [0.05, 0.1) is 28.3 Å². The molecule has 2 aromatic carbocycles. The van der Waals surface area contributed by atoms with Crippen molar-refractivity contribution in [2.45, 2.75) is 20.0 Å². The van der Waals surface area contributed by atoms with E-state index in [2.05, 4.69) is 10.4 Å². The van der Waals surface area contributed by atoms with Crippen LogP contribution in [0.2, 0.25) is 0 Å². The van der Waals surface area contributed by atoms with Crippen molar-refractivity contribution < 1.29 is 27.5 Å². The van der Waals surface area contributed by atoms with Gasteiger partial charge in [0.25, 0.3) is 5.91 Å². The van der Waals surface area contributed by atoms with Crippen molar-refractivity contribution >= 4 is 23.6 Å². The molecule has 0 atom stereocenters.